The highest BCUT2D eigenvalue weighted by Gasteiger charge is 2.22. The van der Waals surface area contributed by atoms with E-state index in [2.05, 4.69) is 10.1 Å². The average molecular weight is 360 g/mol. The first-order valence-corrected chi connectivity index (χ1v) is 8.00. The van der Waals surface area contributed by atoms with E-state index in [1.165, 1.54) is 0 Å². The molecular formula is C17H14ClN3O4. The van der Waals surface area contributed by atoms with Crippen molar-refractivity contribution in [1.82, 2.24) is 14.6 Å². The first-order chi connectivity index (χ1) is 12.1. The molecule has 1 aliphatic rings. The van der Waals surface area contributed by atoms with Gasteiger partial charge in [0.1, 0.15) is 17.9 Å². The summed E-state index contributed by atoms with van der Waals surface area (Å²) in [6.07, 6.45) is 3.34. The average Bonchev–Trinajstić information content (AvgIpc) is 2.95. The number of carbonyl (C=O) groups excluding carboxylic acids is 1. The van der Waals surface area contributed by atoms with Gasteiger partial charge in [0.2, 0.25) is 0 Å². The van der Waals surface area contributed by atoms with Gasteiger partial charge >= 0.3 is 5.97 Å². The summed E-state index contributed by atoms with van der Waals surface area (Å²) in [4.78, 5) is 16.8. The summed E-state index contributed by atoms with van der Waals surface area (Å²) in [7, 11) is 0. The Labute approximate surface area is 148 Å². The number of fused-ring (bicyclic) bond motifs is 2. The lowest BCUT2D eigenvalue weighted by Crippen LogP contribution is -2.14. The molecule has 8 heteroatoms. The summed E-state index contributed by atoms with van der Waals surface area (Å²) in [5, 5.41) is 4.80. The highest BCUT2D eigenvalue weighted by atomic mass is 35.5. The number of esters is 1. The lowest BCUT2D eigenvalue weighted by atomic mass is 10.1. The highest BCUT2D eigenvalue weighted by Crippen LogP contribution is 2.32. The van der Waals surface area contributed by atoms with Gasteiger partial charge in [-0.3, -0.25) is 0 Å². The Balaban J connectivity index is 1.60. The zero-order chi connectivity index (χ0) is 17.4. The van der Waals surface area contributed by atoms with E-state index in [9.17, 15) is 4.79 Å². The molecular weight excluding hydrogens is 346 g/mol. The van der Waals surface area contributed by atoms with Crippen LogP contribution < -0.4 is 4.74 Å². The SMILES string of the molecule is Cc1nn2cccnc2c1C(=O)OCc1cc(Cl)cc2c1OCOC2. The third-order valence-corrected chi connectivity index (χ3v) is 4.10. The summed E-state index contributed by atoms with van der Waals surface area (Å²) in [6.45, 7) is 2.35. The Morgan fingerprint density at radius 3 is 3.20 bits per heavy atom. The molecule has 0 N–H and O–H groups in total. The largest absolute Gasteiger partial charge is 0.467 e. The van der Waals surface area contributed by atoms with Gasteiger partial charge in [0.15, 0.2) is 12.4 Å². The van der Waals surface area contributed by atoms with Crippen LogP contribution >= 0.6 is 11.6 Å². The van der Waals surface area contributed by atoms with E-state index in [0.717, 1.165) is 5.56 Å². The van der Waals surface area contributed by atoms with Crippen molar-refractivity contribution in [2.45, 2.75) is 20.1 Å². The Kier molecular flexibility index (Phi) is 4.03. The quantitative estimate of drug-likeness (QED) is 0.669. The second-order valence-electron chi connectivity index (χ2n) is 5.59. The van der Waals surface area contributed by atoms with Crippen molar-refractivity contribution >= 4 is 23.2 Å². The lowest BCUT2D eigenvalue weighted by molar-refractivity contribution is -0.0180. The molecule has 1 aromatic carbocycles. The van der Waals surface area contributed by atoms with E-state index in [4.69, 9.17) is 25.8 Å². The summed E-state index contributed by atoms with van der Waals surface area (Å²) >= 11 is 6.13. The maximum absolute atomic E-state index is 12.6. The van der Waals surface area contributed by atoms with Crippen LogP contribution in [0, 0.1) is 6.92 Å². The summed E-state index contributed by atoms with van der Waals surface area (Å²) in [5.74, 6) is 0.158. The monoisotopic (exact) mass is 359 g/mol. The fourth-order valence-electron chi connectivity index (χ4n) is 2.81. The van der Waals surface area contributed by atoms with Crippen LogP contribution in [0.4, 0.5) is 0 Å². The van der Waals surface area contributed by atoms with Gasteiger partial charge in [-0.15, -0.1) is 0 Å². The van der Waals surface area contributed by atoms with E-state index in [1.807, 2.05) is 0 Å². The molecule has 0 spiro atoms. The Morgan fingerprint density at radius 1 is 1.44 bits per heavy atom. The van der Waals surface area contributed by atoms with Crippen LogP contribution in [0.2, 0.25) is 5.02 Å². The maximum atomic E-state index is 12.6. The third kappa shape index (κ3) is 2.92. The number of hydrogen-bond donors (Lipinski definition) is 0. The van der Waals surface area contributed by atoms with Crippen molar-refractivity contribution in [2.75, 3.05) is 6.79 Å². The normalized spacial score (nSPS) is 13.4. The van der Waals surface area contributed by atoms with Crippen LogP contribution in [0.25, 0.3) is 5.65 Å². The predicted octanol–water partition coefficient (Wildman–Crippen LogP) is 2.91. The molecule has 0 fully saturated rings. The van der Waals surface area contributed by atoms with Gasteiger partial charge in [-0.2, -0.15) is 5.10 Å². The molecule has 0 bridgehead atoms. The molecule has 0 radical (unpaired) electrons. The predicted molar refractivity (Wildman–Crippen MR) is 88.6 cm³/mol. The first kappa shape index (κ1) is 15.9. The molecule has 2 aromatic heterocycles. The number of aromatic nitrogens is 3. The van der Waals surface area contributed by atoms with Gasteiger partial charge in [-0.25, -0.2) is 14.3 Å². The van der Waals surface area contributed by atoms with Crippen LogP contribution in [-0.2, 0) is 22.7 Å². The number of nitrogens with zero attached hydrogens (tertiary/aromatic N) is 3. The van der Waals surface area contributed by atoms with E-state index in [1.54, 1.807) is 42.0 Å². The molecule has 0 saturated carbocycles. The zero-order valence-electron chi connectivity index (χ0n) is 13.4. The van der Waals surface area contributed by atoms with E-state index < -0.39 is 5.97 Å². The number of rotatable bonds is 3. The molecule has 0 aliphatic carbocycles. The number of hydrogen-bond acceptors (Lipinski definition) is 6. The first-order valence-electron chi connectivity index (χ1n) is 7.62. The molecule has 0 atom stereocenters. The second-order valence-corrected chi connectivity index (χ2v) is 6.02. The van der Waals surface area contributed by atoms with Crippen LogP contribution in [0.15, 0.2) is 30.6 Å². The van der Waals surface area contributed by atoms with E-state index in [0.29, 0.717) is 39.8 Å². The van der Waals surface area contributed by atoms with Gasteiger partial charge in [-0.05, 0) is 25.1 Å². The molecule has 3 heterocycles. The van der Waals surface area contributed by atoms with Crippen LogP contribution in [0.1, 0.15) is 27.2 Å². The topological polar surface area (TPSA) is 75.0 Å². The summed E-state index contributed by atoms with van der Waals surface area (Å²) in [5.41, 5.74) is 2.89. The fourth-order valence-corrected chi connectivity index (χ4v) is 3.08. The van der Waals surface area contributed by atoms with Gasteiger partial charge in [-0.1, -0.05) is 11.6 Å². The van der Waals surface area contributed by atoms with Gasteiger partial charge in [0, 0.05) is 28.5 Å². The highest BCUT2D eigenvalue weighted by molar-refractivity contribution is 6.30. The van der Waals surface area contributed by atoms with Crippen LogP contribution in [-0.4, -0.2) is 27.4 Å². The number of halogens is 1. The Bertz CT molecular complexity index is 970. The lowest BCUT2D eigenvalue weighted by Gasteiger charge is -2.21. The van der Waals surface area contributed by atoms with Crippen LogP contribution in [0.3, 0.4) is 0 Å². The number of aryl methyl sites for hydroxylation is 1. The molecule has 0 saturated heterocycles. The van der Waals surface area contributed by atoms with Crippen molar-refractivity contribution in [3.63, 3.8) is 0 Å². The van der Waals surface area contributed by atoms with E-state index in [-0.39, 0.29) is 13.4 Å². The Morgan fingerprint density at radius 2 is 2.32 bits per heavy atom. The molecule has 1 aliphatic heterocycles. The standard InChI is InChI=1S/C17H14ClN3O4/c1-10-14(16-19-3-2-4-21(16)20-10)17(22)24-8-12-6-13(18)5-11-7-23-9-25-15(11)12/h2-6H,7-9H2,1H3. The third-order valence-electron chi connectivity index (χ3n) is 3.88. The van der Waals surface area contributed by atoms with Gasteiger partial charge in [0.05, 0.1) is 12.3 Å². The second kappa shape index (κ2) is 6.34. The Hall–Kier alpha value is -2.64. The van der Waals surface area contributed by atoms with Crippen molar-refractivity contribution in [2.24, 2.45) is 0 Å². The van der Waals surface area contributed by atoms with Gasteiger partial charge < -0.3 is 14.2 Å². The molecule has 25 heavy (non-hydrogen) atoms. The van der Waals surface area contributed by atoms with Crippen molar-refractivity contribution in [3.05, 3.63) is 58.0 Å². The molecule has 0 unspecified atom stereocenters. The summed E-state index contributed by atoms with van der Waals surface area (Å²) in [6, 6.07) is 5.24. The van der Waals surface area contributed by atoms with Gasteiger partial charge in [0.25, 0.3) is 0 Å². The molecule has 3 aromatic rings. The number of benzene rings is 1. The minimum absolute atomic E-state index is 0.0331. The summed E-state index contributed by atoms with van der Waals surface area (Å²) < 4.78 is 17.8. The molecule has 0 amide bonds. The zero-order valence-corrected chi connectivity index (χ0v) is 14.1. The van der Waals surface area contributed by atoms with Crippen molar-refractivity contribution in [3.8, 4) is 5.75 Å². The smallest absolute Gasteiger partial charge is 0.344 e. The minimum Gasteiger partial charge on any atom is -0.467 e. The van der Waals surface area contributed by atoms with Crippen LogP contribution in [0.5, 0.6) is 5.75 Å². The number of carbonyl (C=O) groups is 1. The maximum Gasteiger partial charge on any atom is 0.344 e. The number of ether oxygens (including phenoxy) is 3. The van der Waals surface area contributed by atoms with Crippen molar-refractivity contribution in [1.29, 1.82) is 0 Å². The molecule has 7 nitrogen and oxygen atoms in total. The van der Waals surface area contributed by atoms with Crippen molar-refractivity contribution < 1.29 is 19.0 Å². The minimum atomic E-state index is -0.494. The molecule has 4 rings (SSSR count). The fraction of sp³-hybridized carbons (Fsp3) is 0.235. The van der Waals surface area contributed by atoms with E-state index >= 15 is 0 Å². The molecule has 128 valence electrons.